The molecule has 1 amide bonds. The Balaban J connectivity index is 1.78. The van der Waals surface area contributed by atoms with Gasteiger partial charge in [-0.1, -0.05) is 6.07 Å². The summed E-state index contributed by atoms with van der Waals surface area (Å²) in [6, 6.07) is 12.9. The van der Waals surface area contributed by atoms with E-state index in [9.17, 15) is 13.2 Å². The van der Waals surface area contributed by atoms with Crippen LogP contribution in [0.15, 0.2) is 53.4 Å². The molecule has 0 bridgehead atoms. The van der Waals surface area contributed by atoms with Gasteiger partial charge in [-0.25, -0.2) is 8.42 Å². The lowest BCUT2D eigenvalue weighted by Crippen LogP contribution is -2.44. The zero-order chi connectivity index (χ0) is 19.4. The zero-order valence-electron chi connectivity index (χ0n) is 15.2. The Bertz CT molecular complexity index is 912. The molecule has 0 aliphatic carbocycles. The first kappa shape index (κ1) is 19.3. The van der Waals surface area contributed by atoms with Crippen LogP contribution in [0.5, 0.6) is 5.75 Å². The van der Waals surface area contributed by atoms with Gasteiger partial charge >= 0.3 is 0 Å². The van der Waals surface area contributed by atoms with Crippen LogP contribution in [0.4, 0.5) is 5.69 Å². The number of nitrogens with one attached hydrogen (secondary N) is 1. The molecule has 27 heavy (non-hydrogen) atoms. The van der Waals surface area contributed by atoms with E-state index in [0.29, 0.717) is 31.1 Å². The maximum atomic E-state index is 12.9. The number of sulfonamides is 1. The molecular weight excluding hydrogens is 368 g/mol. The lowest BCUT2D eigenvalue weighted by molar-refractivity contribution is 0.0102. The molecule has 1 aliphatic heterocycles. The molecule has 1 fully saturated rings. The predicted octanol–water partition coefficient (Wildman–Crippen LogP) is 2.36. The van der Waals surface area contributed by atoms with Gasteiger partial charge in [0.05, 0.1) is 24.7 Å². The van der Waals surface area contributed by atoms with Crippen molar-refractivity contribution in [1.82, 2.24) is 4.31 Å². The highest BCUT2D eigenvalue weighted by Gasteiger charge is 2.29. The molecule has 2 aromatic carbocycles. The number of benzene rings is 2. The fourth-order valence-corrected chi connectivity index (χ4v) is 4.37. The van der Waals surface area contributed by atoms with E-state index in [-0.39, 0.29) is 22.5 Å². The van der Waals surface area contributed by atoms with Crippen LogP contribution in [0.1, 0.15) is 17.3 Å². The van der Waals surface area contributed by atoms with Crippen molar-refractivity contribution >= 4 is 21.6 Å². The molecule has 1 unspecified atom stereocenters. The second-order valence-electron chi connectivity index (χ2n) is 6.25. The number of anilines is 1. The Hall–Kier alpha value is -2.42. The summed E-state index contributed by atoms with van der Waals surface area (Å²) in [6.45, 7) is 2.79. The van der Waals surface area contributed by atoms with Gasteiger partial charge in [-0.15, -0.1) is 0 Å². The number of morpholine rings is 1. The van der Waals surface area contributed by atoms with Crippen LogP contribution in [0, 0.1) is 0 Å². The molecule has 0 saturated carbocycles. The monoisotopic (exact) mass is 390 g/mol. The maximum Gasteiger partial charge on any atom is 0.255 e. The number of carbonyl (C=O) groups is 1. The highest BCUT2D eigenvalue weighted by molar-refractivity contribution is 7.89. The molecule has 2 aromatic rings. The summed E-state index contributed by atoms with van der Waals surface area (Å²) >= 11 is 0. The van der Waals surface area contributed by atoms with Crippen LogP contribution >= 0.6 is 0 Å². The summed E-state index contributed by atoms with van der Waals surface area (Å²) < 4.78 is 37.6. The maximum absolute atomic E-state index is 12.9. The lowest BCUT2D eigenvalue weighted by Gasteiger charge is -2.30. The summed E-state index contributed by atoms with van der Waals surface area (Å²) in [5.41, 5.74) is 0.865. The van der Waals surface area contributed by atoms with Gasteiger partial charge in [0, 0.05) is 24.3 Å². The average Bonchev–Trinajstić information content (AvgIpc) is 2.68. The first-order valence-electron chi connectivity index (χ1n) is 8.57. The molecule has 0 aromatic heterocycles. The van der Waals surface area contributed by atoms with E-state index in [2.05, 4.69) is 5.32 Å². The van der Waals surface area contributed by atoms with Gasteiger partial charge < -0.3 is 14.8 Å². The molecule has 1 heterocycles. The van der Waals surface area contributed by atoms with Crippen molar-refractivity contribution in [2.75, 3.05) is 32.1 Å². The number of rotatable bonds is 5. The highest BCUT2D eigenvalue weighted by atomic mass is 32.2. The third kappa shape index (κ3) is 4.47. The molecule has 0 spiro atoms. The third-order valence-corrected chi connectivity index (χ3v) is 6.15. The normalized spacial score (nSPS) is 18.1. The number of amides is 1. The largest absolute Gasteiger partial charge is 0.497 e. The van der Waals surface area contributed by atoms with E-state index in [4.69, 9.17) is 9.47 Å². The zero-order valence-corrected chi connectivity index (χ0v) is 16.0. The fraction of sp³-hybridized carbons (Fsp3) is 0.316. The van der Waals surface area contributed by atoms with Gasteiger partial charge in [0.25, 0.3) is 5.91 Å². The third-order valence-electron chi connectivity index (χ3n) is 4.29. The van der Waals surface area contributed by atoms with Gasteiger partial charge in [0.1, 0.15) is 5.75 Å². The van der Waals surface area contributed by atoms with Gasteiger partial charge in [0.15, 0.2) is 0 Å². The minimum atomic E-state index is -3.68. The van der Waals surface area contributed by atoms with Crippen molar-refractivity contribution < 1.29 is 22.7 Å². The quantitative estimate of drug-likeness (QED) is 0.847. The Labute approximate surface area is 158 Å². The Morgan fingerprint density at radius 2 is 1.96 bits per heavy atom. The van der Waals surface area contributed by atoms with Crippen molar-refractivity contribution in [3.05, 3.63) is 54.1 Å². The van der Waals surface area contributed by atoms with Crippen LogP contribution < -0.4 is 10.1 Å². The smallest absolute Gasteiger partial charge is 0.255 e. The van der Waals surface area contributed by atoms with Crippen LogP contribution in [-0.4, -0.2) is 51.5 Å². The molecule has 7 nitrogen and oxygen atoms in total. The van der Waals surface area contributed by atoms with Crippen molar-refractivity contribution in [2.24, 2.45) is 0 Å². The van der Waals surface area contributed by atoms with Crippen LogP contribution in [-0.2, 0) is 14.8 Å². The summed E-state index contributed by atoms with van der Waals surface area (Å²) in [7, 11) is -2.11. The molecule has 1 saturated heterocycles. The Morgan fingerprint density at radius 1 is 1.22 bits per heavy atom. The number of hydrogen-bond acceptors (Lipinski definition) is 5. The van der Waals surface area contributed by atoms with Crippen molar-refractivity contribution in [3.63, 3.8) is 0 Å². The first-order valence-corrected chi connectivity index (χ1v) is 10.0. The predicted molar refractivity (Wildman–Crippen MR) is 102 cm³/mol. The van der Waals surface area contributed by atoms with E-state index in [1.54, 1.807) is 43.5 Å². The second kappa shape index (κ2) is 8.08. The van der Waals surface area contributed by atoms with E-state index in [1.165, 1.54) is 16.4 Å². The van der Waals surface area contributed by atoms with E-state index < -0.39 is 10.0 Å². The first-order chi connectivity index (χ1) is 12.9. The average molecular weight is 390 g/mol. The van der Waals surface area contributed by atoms with E-state index >= 15 is 0 Å². The molecule has 3 rings (SSSR count). The van der Waals surface area contributed by atoms with E-state index in [1.807, 2.05) is 6.92 Å². The van der Waals surface area contributed by atoms with Gasteiger partial charge in [-0.2, -0.15) is 4.31 Å². The fourth-order valence-electron chi connectivity index (χ4n) is 2.83. The molecule has 8 heteroatoms. The summed E-state index contributed by atoms with van der Waals surface area (Å²) in [5, 5.41) is 2.75. The minimum absolute atomic E-state index is 0.0963. The van der Waals surface area contributed by atoms with Crippen LogP contribution in [0.3, 0.4) is 0 Å². The van der Waals surface area contributed by atoms with Crippen molar-refractivity contribution in [2.45, 2.75) is 17.9 Å². The lowest BCUT2D eigenvalue weighted by atomic mass is 10.2. The molecular formula is C19H22N2O5S. The van der Waals surface area contributed by atoms with Crippen molar-refractivity contribution in [3.8, 4) is 5.75 Å². The number of methoxy groups -OCH3 is 1. The molecule has 144 valence electrons. The second-order valence-corrected chi connectivity index (χ2v) is 8.19. The van der Waals surface area contributed by atoms with Crippen LogP contribution in [0.25, 0.3) is 0 Å². The highest BCUT2D eigenvalue weighted by Crippen LogP contribution is 2.21. The SMILES string of the molecule is COc1ccc(NC(=O)c2cccc(S(=O)(=O)N3CCOC(C)C3)c2)cc1. The van der Waals surface area contributed by atoms with Crippen LogP contribution in [0.2, 0.25) is 0 Å². The molecule has 1 atom stereocenters. The van der Waals surface area contributed by atoms with Crippen molar-refractivity contribution in [1.29, 1.82) is 0 Å². The Morgan fingerprint density at radius 3 is 2.63 bits per heavy atom. The molecule has 1 aliphatic rings. The topological polar surface area (TPSA) is 84.9 Å². The van der Waals surface area contributed by atoms with Gasteiger partial charge in [-0.3, -0.25) is 4.79 Å². The summed E-state index contributed by atoms with van der Waals surface area (Å²) in [5.74, 6) is 0.299. The molecule has 0 radical (unpaired) electrons. The summed E-state index contributed by atoms with van der Waals surface area (Å²) in [4.78, 5) is 12.6. The Kier molecular flexibility index (Phi) is 5.79. The standard InChI is InChI=1S/C19H22N2O5S/c1-14-13-21(10-11-26-14)27(23,24)18-5-3-4-15(12-18)19(22)20-16-6-8-17(25-2)9-7-16/h3-9,12,14H,10-11,13H2,1-2H3,(H,20,22). The number of ether oxygens (including phenoxy) is 2. The molecule has 1 N–H and O–H groups in total. The van der Waals surface area contributed by atoms with Gasteiger partial charge in [0.2, 0.25) is 10.0 Å². The van der Waals surface area contributed by atoms with Gasteiger partial charge in [-0.05, 0) is 49.4 Å². The van der Waals surface area contributed by atoms with E-state index in [0.717, 1.165) is 0 Å². The summed E-state index contributed by atoms with van der Waals surface area (Å²) in [6.07, 6.45) is -0.157. The number of nitrogens with zero attached hydrogens (tertiary/aromatic N) is 1. The number of carbonyl (C=O) groups excluding carboxylic acids is 1. The number of hydrogen-bond donors (Lipinski definition) is 1. The minimum Gasteiger partial charge on any atom is -0.497 e.